The van der Waals surface area contributed by atoms with Gasteiger partial charge in [0.05, 0.1) is 78.6 Å². The van der Waals surface area contributed by atoms with Gasteiger partial charge < -0.3 is 52.8 Å². The maximum Gasteiger partial charge on any atom is 0.155 e. The van der Waals surface area contributed by atoms with Gasteiger partial charge >= 0.3 is 0 Å². The Morgan fingerprint density at radius 1 is 0.618 bits per heavy atom. The van der Waals surface area contributed by atoms with Crippen LogP contribution in [-0.2, 0) is 42.6 Å². The van der Waals surface area contributed by atoms with Crippen molar-refractivity contribution in [2.24, 2.45) is 0 Å². The number of hydrogen-bond donors (Lipinski definition) is 2. The molecular formula is C23H50O11. The Hall–Kier alpha value is -1.28. The molecule has 0 aromatic rings. The van der Waals surface area contributed by atoms with Gasteiger partial charge in [0, 0.05) is 14.2 Å². The third kappa shape index (κ3) is 44.4. The fourth-order valence-electron chi connectivity index (χ4n) is 1.54. The van der Waals surface area contributed by atoms with Crippen LogP contribution in [0.3, 0.4) is 0 Å². The number of hydrogen-bond acceptors (Lipinski definition) is 11. The maximum absolute atomic E-state index is 7.62. The lowest BCUT2D eigenvalue weighted by molar-refractivity contribution is -0.150. The lowest BCUT2D eigenvalue weighted by atomic mass is 10.6. The minimum Gasteiger partial charge on any atom is -0.499 e. The molecule has 0 rings (SSSR count). The van der Waals surface area contributed by atoms with Gasteiger partial charge in [-0.1, -0.05) is 20.6 Å². The Bertz CT molecular complexity index is 346. The van der Waals surface area contributed by atoms with Crippen LogP contribution in [0.15, 0.2) is 25.7 Å². The molecule has 208 valence electrons. The van der Waals surface area contributed by atoms with E-state index in [0.29, 0.717) is 66.1 Å². The molecule has 0 aliphatic carbocycles. The highest BCUT2D eigenvalue weighted by Gasteiger charge is 2.01. The zero-order chi connectivity index (χ0) is 25.4. The first-order chi connectivity index (χ1) is 16.0. The highest BCUT2D eigenvalue weighted by Crippen LogP contribution is 1.94. The predicted octanol–water partition coefficient (Wildman–Crippen LogP) is 1.97. The van der Waals surface area contributed by atoms with Crippen LogP contribution in [0.25, 0.3) is 0 Å². The molecule has 0 bridgehead atoms. The molecule has 0 aliphatic heterocycles. The zero-order valence-electron chi connectivity index (χ0n) is 20.8. The fraction of sp³-hybridized carbons (Fsp3) is 0.826. The van der Waals surface area contributed by atoms with Gasteiger partial charge in [-0.05, 0) is 13.8 Å². The smallest absolute Gasteiger partial charge is 0.155 e. The summed E-state index contributed by atoms with van der Waals surface area (Å²) < 4.78 is 45.8. The van der Waals surface area contributed by atoms with Crippen molar-refractivity contribution in [3.63, 3.8) is 0 Å². The minimum atomic E-state index is -0.242. The van der Waals surface area contributed by atoms with Crippen molar-refractivity contribution in [1.82, 2.24) is 0 Å². The number of methoxy groups -OCH3 is 2. The molecule has 0 aromatic heterocycles. The number of ether oxygens (including phenoxy) is 9. The van der Waals surface area contributed by atoms with E-state index >= 15 is 0 Å². The van der Waals surface area contributed by atoms with E-state index in [-0.39, 0.29) is 33.2 Å². The normalized spacial score (nSPS) is 11.5. The summed E-state index contributed by atoms with van der Waals surface area (Å²) in [5.74, 6) is 0. The van der Waals surface area contributed by atoms with Crippen LogP contribution in [0.5, 0.6) is 0 Å². The van der Waals surface area contributed by atoms with Gasteiger partial charge in [-0.2, -0.15) is 0 Å². The first-order valence-electron chi connectivity index (χ1n) is 10.7. The fourth-order valence-corrected chi connectivity index (χ4v) is 1.54. The molecule has 0 aromatic carbocycles. The quantitative estimate of drug-likeness (QED) is 0.128. The largest absolute Gasteiger partial charge is 0.499 e. The number of aliphatic hydroxyl groups excluding tert-OH is 2. The summed E-state index contributed by atoms with van der Waals surface area (Å²) in [5, 5.41) is 15.2. The average Bonchev–Trinajstić information content (AvgIpc) is 2.83. The van der Waals surface area contributed by atoms with Gasteiger partial charge in [-0.25, -0.2) is 0 Å². The van der Waals surface area contributed by atoms with E-state index in [1.807, 2.05) is 13.8 Å². The van der Waals surface area contributed by atoms with Crippen LogP contribution < -0.4 is 0 Å². The molecule has 11 nitrogen and oxygen atoms in total. The van der Waals surface area contributed by atoms with Gasteiger partial charge in [0.2, 0.25) is 0 Å². The van der Waals surface area contributed by atoms with Crippen LogP contribution in [0.4, 0.5) is 0 Å². The molecule has 0 saturated carbocycles. The van der Waals surface area contributed by atoms with Crippen LogP contribution in [0.1, 0.15) is 21.3 Å². The van der Waals surface area contributed by atoms with E-state index in [4.69, 9.17) is 52.8 Å². The molecule has 0 amide bonds. The minimum absolute atomic E-state index is 0. The van der Waals surface area contributed by atoms with Gasteiger partial charge in [0.25, 0.3) is 0 Å². The van der Waals surface area contributed by atoms with E-state index in [9.17, 15) is 0 Å². The van der Waals surface area contributed by atoms with Crippen molar-refractivity contribution >= 4 is 0 Å². The maximum atomic E-state index is 7.62. The van der Waals surface area contributed by atoms with E-state index in [0.717, 1.165) is 0 Å². The monoisotopic (exact) mass is 502 g/mol. The molecule has 11 heteroatoms. The van der Waals surface area contributed by atoms with E-state index in [2.05, 4.69) is 13.2 Å². The molecule has 2 atom stereocenters. The molecule has 0 aliphatic rings. The Balaban J connectivity index is -0.000000240. The van der Waals surface area contributed by atoms with Crippen molar-refractivity contribution in [2.45, 2.75) is 33.9 Å². The Morgan fingerprint density at radius 2 is 1.00 bits per heavy atom. The third-order valence-corrected chi connectivity index (χ3v) is 3.16. The van der Waals surface area contributed by atoms with E-state index in [1.165, 1.54) is 12.5 Å². The summed E-state index contributed by atoms with van der Waals surface area (Å²) >= 11 is 0. The Labute approximate surface area is 206 Å². The number of rotatable bonds is 22. The van der Waals surface area contributed by atoms with Crippen LogP contribution in [0, 0.1) is 0 Å². The van der Waals surface area contributed by atoms with Crippen molar-refractivity contribution < 1.29 is 52.8 Å². The summed E-state index contributed by atoms with van der Waals surface area (Å²) in [6.45, 7) is 15.6. The first-order valence-corrected chi connectivity index (χ1v) is 10.7. The van der Waals surface area contributed by atoms with Crippen LogP contribution in [-0.4, -0.2) is 116 Å². The Kier molecular flexibility index (Phi) is 45.7. The topological polar surface area (TPSA) is 124 Å². The highest BCUT2D eigenvalue weighted by atomic mass is 16.7. The van der Waals surface area contributed by atoms with Crippen molar-refractivity contribution in [3.8, 4) is 0 Å². The molecule has 0 radical (unpaired) electrons. The van der Waals surface area contributed by atoms with Gasteiger partial charge in [-0.15, -0.1) is 0 Å². The third-order valence-electron chi connectivity index (χ3n) is 3.16. The second kappa shape index (κ2) is 39.0. The lowest BCUT2D eigenvalue weighted by Gasteiger charge is -2.14. The SMILES string of the molecule is C.C=COCCOCCOC=C.COCCOC(C)OCCOCCOC(C)OC.OCCO. The summed E-state index contributed by atoms with van der Waals surface area (Å²) in [4.78, 5) is 0. The van der Waals surface area contributed by atoms with Crippen LogP contribution >= 0.6 is 0 Å². The van der Waals surface area contributed by atoms with E-state index < -0.39 is 0 Å². The summed E-state index contributed by atoms with van der Waals surface area (Å²) in [6, 6.07) is 0. The lowest BCUT2D eigenvalue weighted by Crippen LogP contribution is -2.19. The van der Waals surface area contributed by atoms with Gasteiger partial charge in [-0.3, -0.25) is 0 Å². The Morgan fingerprint density at radius 3 is 1.35 bits per heavy atom. The molecule has 0 saturated heterocycles. The number of aliphatic hydroxyl groups is 2. The zero-order valence-corrected chi connectivity index (χ0v) is 20.8. The summed E-state index contributed by atoms with van der Waals surface area (Å²) in [7, 11) is 3.24. The molecule has 2 unspecified atom stereocenters. The summed E-state index contributed by atoms with van der Waals surface area (Å²) in [5.41, 5.74) is 0. The second-order valence-electron chi connectivity index (χ2n) is 5.72. The first kappa shape index (κ1) is 39.9. The molecule has 0 fully saturated rings. The molecule has 34 heavy (non-hydrogen) atoms. The average molecular weight is 503 g/mol. The highest BCUT2D eigenvalue weighted by molar-refractivity contribution is 4.49. The van der Waals surface area contributed by atoms with Crippen molar-refractivity contribution in [3.05, 3.63) is 25.7 Å². The van der Waals surface area contributed by atoms with E-state index in [1.54, 1.807) is 14.2 Å². The van der Waals surface area contributed by atoms with Crippen molar-refractivity contribution in [2.75, 3.05) is 93.5 Å². The van der Waals surface area contributed by atoms with Gasteiger partial charge in [0.1, 0.15) is 13.2 Å². The van der Waals surface area contributed by atoms with Crippen LogP contribution in [0.2, 0.25) is 0 Å². The van der Waals surface area contributed by atoms with Crippen molar-refractivity contribution in [1.29, 1.82) is 0 Å². The van der Waals surface area contributed by atoms with Gasteiger partial charge in [0.15, 0.2) is 12.6 Å². The molecule has 0 heterocycles. The standard InChI is InChI=1S/C12H26O6.C8H14O3.C2H6O2.CH4/c1-11(14-4)16-9-6-15-7-10-18-12(2)17-8-5-13-3;1-3-9-5-7-11-8-6-10-4-2;3-1-2-4;/h11-12H,5-10H2,1-4H3;3-4H,1-2,5-8H2;3-4H,1-2H2;1H4. The molecule has 2 N–H and O–H groups in total. The summed E-state index contributed by atoms with van der Waals surface area (Å²) in [6.07, 6.45) is 2.35. The molecular weight excluding hydrogens is 452 g/mol. The predicted molar refractivity (Wildman–Crippen MR) is 131 cm³/mol. The second-order valence-corrected chi connectivity index (χ2v) is 5.72. The molecule has 0 spiro atoms.